The van der Waals surface area contributed by atoms with Gasteiger partial charge in [0.2, 0.25) is 0 Å². The summed E-state index contributed by atoms with van der Waals surface area (Å²) in [7, 11) is 0. The molecule has 0 radical (unpaired) electrons. The van der Waals surface area contributed by atoms with Crippen molar-refractivity contribution in [2.24, 2.45) is 5.73 Å². The topological polar surface area (TPSA) is 61.3 Å². The van der Waals surface area contributed by atoms with Crippen LogP contribution in [0.5, 0.6) is 5.75 Å². The molecule has 1 aromatic heterocycles. The van der Waals surface area contributed by atoms with Crippen molar-refractivity contribution in [3.63, 3.8) is 0 Å². The van der Waals surface area contributed by atoms with Crippen molar-refractivity contribution in [1.82, 2.24) is 5.16 Å². The molecule has 0 spiro atoms. The summed E-state index contributed by atoms with van der Waals surface area (Å²) in [4.78, 5) is 0. The minimum absolute atomic E-state index is 0.424. The van der Waals surface area contributed by atoms with Gasteiger partial charge in [0.15, 0.2) is 5.76 Å². The van der Waals surface area contributed by atoms with E-state index in [-0.39, 0.29) is 0 Å². The summed E-state index contributed by atoms with van der Waals surface area (Å²) < 4.78 is 10.8. The maximum absolute atomic E-state index is 5.62. The van der Waals surface area contributed by atoms with Gasteiger partial charge >= 0.3 is 0 Å². The van der Waals surface area contributed by atoms with Crippen molar-refractivity contribution in [3.05, 3.63) is 36.0 Å². The molecule has 0 atom stereocenters. The lowest BCUT2D eigenvalue weighted by Crippen LogP contribution is -1.97. The normalized spacial score (nSPS) is 10.6. The van der Waals surface area contributed by atoms with Gasteiger partial charge in [0.1, 0.15) is 5.75 Å². The second kappa shape index (κ2) is 6.21. The highest BCUT2D eigenvalue weighted by Gasteiger charge is 2.09. The third-order valence-corrected chi connectivity index (χ3v) is 2.75. The molecule has 0 fully saturated rings. The second-order valence-corrected chi connectivity index (χ2v) is 4.11. The van der Waals surface area contributed by atoms with Gasteiger partial charge in [-0.3, -0.25) is 0 Å². The van der Waals surface area contributed by atoms with Crippen molar-refractivity contribution in [3.8, 4) is 17.1 Å². The quantitative estimate of drug-likeness (QED) is 0.796. The van der Waals surface area contributed by atoms with Gasteiger partial charge in [-0.2, -0.15) is 0 Å². The molecule has 1 aromatic carbocycles. The Morgan fingerprint density at radius 1 is 1.28 bits per heavy atom. The molecular formula is C14H18N2O2. The van der Waals surface area contributed by atoms with E-state index >= 15 is 0 Å². The molecule has 96 valence electrons. The Balaban J connectivity index is 2.07. The number of rotatable bonds is 6. The van der Waals surface area contributed by atoms with Crippen molar-refractivity contribution in [2.75, 3.05) is 6.61 Å². The first kappa shape index (κ1) is 12.6. The van der Waals surface area contributed by atoms with Gasteiger partial charge in [-0.05, 0) is 30.7 Å². The minimum Gasteiger partial charge on any atom is -0.494 e. The zero-order chi connectivity index (χ0) is 12.8. The summed E-state index contributed by atoms with van der Waals surface area (Å²) in [6, 6.07) is 7.80. The first-order valence-corrected chi connectivity index (χ1v) is 6.22. The fourth-order valence-corrected chi connectivity index (χ4v) is 1.68. The van der Waals surface area contributed by atoms with E-state index in [0.29, 0.717) is 6.54 Å². The SMILES string of the molecule is CCCCOc1ccc(-c2oncc2CN)cc1. The van der Waals surface area contributed by atoms with Crippen LogP contribution in [0, 0.1) is 0 Å². The van der Waals surface area contributed by atoms with Crippen LogP contribution in [0.2, 0.25) is 0 Å². The Hall–Kier alpha value is -1.81. The summed E-state index contributed by atoms with van der Waals surface area (Å²) >= 11 is 0. The van der Waals surface area contributed by atoms with Gasteiger partial charge in [0.25, 0.3) is 0 Å². The predicted molar refractivity (Wildman–Crippen MR) is 70.2 cm³/mol. The average molecular weight is 246 g/mol. The average Bonchev–Trinajstić information content (AvgIpc) is 2.88. The van der Waals surface area contributed by atoms with E-state index < -0.39 is 0 Å². The monoisotopic (exact) mass is 246 g/mol. The van der Waals surface area contributed by atoms with E-state index in [0.717, 1.165) is 42.1 Å². The lowest BCUT2D eigenvalue weighted by molar-refractivity contribution is 0.309. The fraction of sp³-hybridized carbons (Fsp3) is 0.357. The molecule has 0 aliphatic heterocycles. The smallest absolute Gasteiger partial charge is 0.171 e. The maximum atomic E-state index is 5.62. The molecule has 0 aliphatic carbocycles. The van der Waals surface area contributed by atoms with Crippen LogP contribution in [0.3, 0.4) is 0 Å². The molecule has 2 N–H and O–H groups in total. The van der Waals surface area contributed by atoms with Gasteiger partial charge in [-0.25, -0.2) is 0 Å². The van der Waals surface area contributed by atoms with E-state index in [4.69, 9.17) is 15.0 Å². The lowest BCUT2D eigenvalue weighted by Gasteiger charge is -2.05. The summed E-state index contributed by atoms with van der Waals surface area (Å²) in [6.07, 6.45) is 3.86. The number of ether oxygens (including phenoxy) is 1. The van der Waals surface area contributed by atoms with Crippen LogP contribution in [0.25, 0.3) is 11.3 Å². The Labute approximate surface area is 107 Å². The van der Waals surface area contributed by atoms with Crippen LogP contribution >= 0.6 is 0 Å². The van der Waals surface area contributed by atoms with Crippen LogP contribution < -0.4 is 10.5 Å². The number of benzene rings is 1. The Morgan fingerprint density at radius 3 is 2.72 bits per heavy atom. The van der Waals surface area contributed by atoms with E-state index in [1.54, 1.807) is 6.20 Å². The molecule has 18 heavy (non-hydrogen) atoms. The number of hydrogen-bond donors (Lipinski definition) is 1. The summed E-state index contributed by atoms with van der Waals surface area (Å²) in [5.74, 6) is 1.61. The molecule has 0 amide bonds. The Kier molecular flexibility index (Phi) is 4.36. The van der Waals surface area contributed by atoms with Gasteiger partial charge in [0, 0.05) is 17.7 Å². The minimum atomic E-state index is 0.424. The highest BCUT2D eigenvalue weighted by atomic mass is 16.5. The fourth-order valence-electron chi connectivity index (χ4n) is 1.68. The Bertz CT molecular complexity index is 477. The van der Waals surface area contributed by atoms with Gasteiger partial charge in [-0.15, -0.1) is 0 Å². The predicted octanol–water partition coefficient (Wildman–Crippen LogP) is 2.98. The van der Waals surface area contributed by atoms with E-state index in [1.807, 2.05) is 24.3 Å². The highest BCUT2D eigenvalue weighted by molar-refractivity contribution is 5.61. The number of nitrogens with zero attached hydrogens (tertiary/aromatic N) is 1. The lowest BCUT2D eigenvalue weighted by atomic mass is 10.1. The molecule has 1 heterocycles. The molecule has 0 saturated heterocycles. The number of hydrogen-bond acceptors (Lipinski definition) is 4. The van der Waals surface area contributed by atoms with E-state index in [1.165, 1.54) is 0 Å². The van der Waals surface area contributed by atoms with Crippen molar-refractivity contribution in [1.29, 1.82) is 0 Å². The standard InChI is InChI=1S/C14H18N2O2/c1-2-3-8-17-13-6-4-11(5-7-13)14-12(9-15)10-16-18-14/h4-7,10H,2-3,8-9,15H2,1H3. The molecule has 4 nitrogen and oxygen atoms in total. The van der Waals surface area contributed by atoms with Crippen molar-refractivity contribution < 1.29 is 9.26 Å². The maximum Gasteiger partial charge on any atom is 0.171 e. The zero-order valence-electron chi connectivity index (χ0n) is 10.6. The molecule has 2 rings (SSSR count). The third kappa shape index (κ3) is 2.90. The number of aromatic nitrogens is 1. The second-order valence-electron chi connectivity index (χ2n) is 4.11. The first-order valence-electron chi connectivity index (χ1n) is 6.22. The Morgan fingerprint density at radius 2 is 2.06 bits per heavy atom. The van der Waals surface area contributed by atoms with Crippen LogP contribution in [0.1, 0.15) is 25.3 Å². The first-order chi connectivity index (χ1) is 8.85. The number of unbranched alkanes of at least 4 members (excludes halogenated alkanes) is 1. The highest BCUT2D eigenvalue weighted by Crippen LogP contribution is 2.25. The van der Waals surface area contributed by atoms with E-state index in [2.05, 4.69) is 12.1 Å². The van der Waals surface area contributed by atoms with Crippen LogP contribution in [-0.2, 0) is 6.54 Å². The van der Waals surface area contributed by atoms with Crippen LogP contribution in [-0.4, -0.2) is 11.8 Å². The van der Waals surface area contributed by atoms with Gasteiger partial charge < -0.3 is 15.0 Å². The van der Waals surface area contributed by atoms with Gasteiger partial charge in [0.05, 0.1) is 12.8 Å². The van der Waals surface area contributed by atoms with Crippen LogP contribution in [0.4, 0.5) is 0 Å². The van der Waals surface area contributed by atoms with Crippen molar-refractivity contribution >= 4 is 0 Å². The molecule has 0 aliphatic rings. The molecule has 4 heteroatoms. The molecular weight excluding hydrogens is 228 g/mol. The van der Waals surface area contributed by atoms with Crippen molar-refractivity contribution in [2.45, 2.75) is 26.3 Å². The molecule has 0 bridgehead atoms. The van der Waals surface area contributed by atoms with E-state index in [9.17, 15) is 0 Å². The molecule has 2 aromatic rings. The molecule has 0 saturated carbocycles. The van der Waals surface area contributed by atoms with Gasteiger partial charge in [-0.1, -0.05) is 18.5 Å². The van der Waals surface area contributed by atoms with Crippen LogP contribution in [0.15, 0.2) is 35.0 Å². The third-order valence-electron chi connectivity index (χ3n) is 2.75. The summed E-state index contributed by atoms with van der Waals surface area (Å²) in [5.41, 5.74) is 7.50. The molecule has 0 unspecified atom stereocenters. The zero-order valence-corrected chi connectivity index (χ0v) is 10.6. The largest absolute Gasteiger partial charge is 0.494 e. The summed E-state index contributed by atoms with van der Waals surface area (Å²) in [6.45, 7) is 3.32. The number of nitrogens with two attached hydrogens (primary N) is 1. The summed E-state index contributed by atoms with van der Waals surface area (Å²) in [5, 5.41) is 3.77.